The van der Waals surface area contributed by atoms with Crippen molar-refractivity contribution in [1.82, 2.24) is 4.90 Å². The fraction of sp³-hybridized carbons (Fsp3) is 0.435. The Labute approximate surface area is 161 Å². The molecule has 2 unspecified atom stereocenters. The third kappa shape index (κ3) is 4.51. The molecule has 2 fully saturated rings. The molecule has 2 aliphatic heterocycles. The first-order valence-electron chi connectivity index (χ1n) is 9.98. The minimum atomic E-state index is -0.219. The first-order chi connectivity index (χ1) is 13.2. The number of hydrogen-bond donors (Lipinski definition) is 0. The highest BCUT2D eigenvalue weighted by molar-refractivity contribution is 5.89. The maximum absolute atomic E-state index is 12.3. The Morgan fingerprint density at radius 1 is 1.07 bits per heavy atom. The summed E-state index contributed by atoms with van der Waals surface area (Å²) in [4.78, 5) is 16.6. The summed E-state index contributed by atoms with van der Waals surface area (Å²) in [6, 6.07) is 18.8. The van der Waals surface area contributed by atoms with Gasteiger partial charge in [-0.05, 0) is 61.9 Å². The lowest BCUT2D eigenvalue weighted by Crippen LogP contribution is -2.41. The summed E-state index contributed by atoms with van der Waals surface area (Å²) >= 11 is 0. The lowest BCUT2D eigenvalue weighted by atomic mass is 9.91. The third-order valence-electron chi connectivity index (χ3n) is 5.62. The molecule has 4 nitrogen and oxygen atoms in total. The zero-order valence-corrected chi connectivity index (χ0v) is 16.0. The topological polar surface area (TPSA) is 32.8 Å². The monoisotopic (exact) mass is 364 g/mol. The number of rotatable bonds is 5. The van der Waals surface area contributed by atoms with Gasteiger partial charge in [0.2, 0.25) is 0 Å². The number of aryl methyl sites for hydroxylation is 1. The number of anilines is 1. The summed E-state index contributed by atoms with van der Waals surface area (Å²) in [6.45, 7) is 5.71. The van der Waals surface area contributed by atoms with Crippen LogP contribution in [0.4, 0.5) is 10.5 Å². The first-order valence-corrected chi connectivity index (χ1v) is 9.98. The molecule has 0 aliphatic carbocycles. The van der Waals surface area contributed by atoms with Crippen LogP contribution in [0, 0.1) is 12.8 Å². The van der Waals surface area contributed by atoms with E-state index in [4.69, 9.17) is 4.74 Å². The zero-order chi connectivity index (χ0) is 18.6. The lowest BCUT2D eigenvalue weighted by Gasteiger charge is -2.33. The predicted octanol–water partition coefficient (Wildman–Crippen LogP) is 4.27. The fourth-order valence-electron chi connectivity index (χ4n) is 4.34. The number of nitrogens with zero attached hydrogens (tertiary/aromatic N) is 2. The van der Waals surface area contributed by atoms with E-state index in [1.165, 1.54) is 18.4 Å². The number of carbonyl (C=O) groups excluding carboxylic acids is 1. The molecule has 2 aliphatic rings. The van der Waals surface area contributed by atoms with Gasteiger partial charge in [-0.1, -0.05) is 42.5 Å². The Balaban J connectivity index is 1.33. The molecule has 2 atom stereocenters. The smallest absolute Gasteiger partial charge is 0.414 e. The van der Waals surface area contributed by atoms with Gasteiger partial charge in [-0.3, -0.25) is 9.80 Å². The Bertz CT molecular complexity index is 777. The number of cyclic esters (lactones) is 1. The second-order valence-electron chi connectivity index (χ2n) is 7.91. The van der Waals surface area contributed by atoms with Crippen molar-refractivity contribution in [3.05, 3.63) is 65.7 Å². The molecule has 0 N–H and O–H groups in total. The molecule has 1 amide bonds. The van der Waals surface area contributed by atoms with Gasteiger partial charge in [-0.25, -0.2) is 4.79 Å². The summed E-state index contributed by atoms with van der Waals surface area (Å²) in [7, 11) is 0. The van der Waals surface area contributed by atoms with Crippen LogP contribution in [0.25, 0.3) is 0 Å². The Morgan fingerprint density at radius 2 is 1.93 bits per heavy atom. The molecule has 0 radical (unpaired) electrons. The van der Waals surface area contributed by atoms with E-state index in [1.54, 1.807) is 4.90 Å². The van der Waals surface area contributed by atoms with E-state index >= 15 is 0 Å². The minimum Gasteiger partial charge on any atom is -0.443 e. The van der Waals surface area contributed by atoms with Gasteiger partial charge in [0.25, 0.3) is 0 Å². The van der Waals surface area contributed by atoms with Gasteiger partial charge in [0, 0.05) is 18.8 Å². The fourth-order valence-corrected chi connectivity index (χ4v) is 4.34. The maximum atomic E-state index is 12.3. The van der Waals surface area contributed by atoms with Crippen molar-refractivity contribution in [2.45, 2.75) is 32.3 Å². The molecule has 2 aromatic carbocycles. The molecule has 2 saturated heterocycles. The van der Waals surface area contributed by atoms with E-state index in [2.05, 4.69) is 35.2 Å². The Morgan fingerprint density at radius 3 is 2.74 bits per heavy atom. The van der Waals surface area contributed by atoms with E-state index in [9.17, 15) is 4.79 Å². The zero-order valence-electron chi connectivity index (χ0n) is 16.0. The van der Waals surface area contributed by atoms with Gasteiger partial charge in [0.05, 0.1) is 6.54 Å². The summed E-state index contributed by atoms with van der Waals surface area (Å²) in [5.41, 5.74) is 3.51. The quantitative estimate of drug-likeness (QED) is 0.794. The van der Waals surface area contributed by atoms with Crippen LogP contribution in [-0.2, 0) is 11.2 Å². The number of ether oxygens (including phenoxy) is 1. The molecular weight excluding hydrogens is 336 g/mol. The Hall–Kier alpha value is -2.33. The van der Waals surface area contributed by atoms with Crippen LogP contribution in [0.3, 0.4) is 0 Å². The number of amides is 1. The van der Waals surface area contributed by atoms with Crippen molar-refractivity contribution in [3.8, 4) is 0 Å². The summed E-state index contributed by atoms with van der Waals surface area (Å²) in [6.07, 6.45) is 3.37. The van der Waals surface area contributed by atoms with Crippen LogP contribution in [0.15, 0.2) is 54.6 Å². The van der Waals surface area contributed by atoms with Crippen molar-refractivity contribution in [2.75, 3.05) is 31.1 Å². The molecule has 0 aromatic heterocycles. The minimum absolute atomic E-state index is 0.0477. The van der Waals surface area contributed by atoms with Crippen molar-refractivity contribution in [3.63, 3.8) is 0 Å². The molecule has 142 valence electrons. The molecular formula is C23H28N2O2. The van der Waals surface area contributed by atoms with Gasteiger partial charge in [0.15, 0.2) is 0 Å². The van der Waals surface area contributed by atoms with Crippen LogP contribution in [0.2, 0.25) is 0 Å². The van der Waals surface area contributed by atoms with Crippen LogP contribution in [0.5, 0.6) is 0 Å². The van der Waals surface area contributed by atoms with Gasteiger partial charge in [-0.2, -0.15) is 0 Å². The summed E-state index contributed by atoms with van der Waals surface area (Å²) in [5, 5.41) is 0. The maximum Gasteiger partial charge on any atom is 0.414 e. The average Bonchev–Trinajstić information content (AvgIpc) is 3.03. The predicted molar refractivity (Wildman–Crippen MR) is 108 cm³/mol. The van der Waals surface area contributed by atoms with Crippen molar-refractivity contribution in [2.24, 2.45) is 5.92 Å². The van der Waals surface area contributed by atoms with Crippen molar-refractivity contribution in [1.29, 1.82) is 0 Å². The summed E-state index contributed by atoms with van der Waals surface area (Å²) in [5.74, 6) is 0.686. The Kier molecular flexibility index (Phi) is 5.44. The van der Waals surface area contributed by atoms with Crippen molar-refractivity contribution < 1.29 is 9.53 Å². The molecule has 27 heavy (non-hydrogen) atoms. The molecule has 0 spiro atoms. The SMILES string of the molecule is Cc1cccc(N2CC(CN3CCCC(Cc4ccccc4)C3)OC2=O)c1. The highest BCUT2D eigenvalue weighted by atomic mass is 16.6. The van der Waals surface area contributed by atoms with E-state index in [0.29, 0.717) is 12.5 Å². The largest absolute Gasteiger partial charge is 0.443 e. The van der Waals surface area contributed by atoms with Gasteiger partial charge in [-0.15, -0.1) is 0 Å². The average molecular weight is 364 g/mol. The van der Waals surface area contributed by atoms with Crippen LogP contribution in [-0.4, -0.2) is 43.3 Å². The molecule has 2 aromatic rings. The van der Waals surface area contributed by atoms with E-state index < -0.39 is 0 Å². The van der Waals surface area contributed by atoms with Crippen molar-refractivity contribution >= 4 is 11.8 Å². The van der Waals surface area contributed by atoms with E-state index in [0.717, 1.165) is 37.3 Å². The molecule has 2 heterocycles. The van der Waals surface area contributed by atoms with E-state index in [-0.39, 0.29) is 12.2 Å². The lowest BCUT2D eigenvalue weighted by molar-refractivity contribution is 0.0875. The highest BCUT2D eigenvalue weighted by Gasteiger charge is 2.34. The molecule has 0 saturated carbocycles. The first kappa shape index (κ1) is 18.1. The second-order valence-corrected chi connectivity index (χ2v) is 7.91. The highest BCUT2D eigenvalue weighted by Crippen LogP contribution is 2.25. The molecule has 0 bridgehead atoms. The number of benzene rings is 2. The summed E-state index contributed by atoms with van der Waals surface area (Å²) < 4.78 is 5.67. The van der Waals surface area contributed by atoms with Gasteiger partial charge in [0.1, 0.15) is 6.10 Å². The molecule has 4 rings (SSSR count). The standard InChI is InChI=1S/C23H28N2O2/c1-18-7-5-11-21(13-18)25-17-22(27-23(25)26)16-24-12-6-10-20(15-24)14-19-8-3-2-4-9-19/h2-5,7-9,11,13,20,22H,6,10,12,14-17H2,1H3. The number of carbonyl (C=O) groups is 1. The van der Waals surface area contributed by atoms with Gasteiger partial charge < -0.3 is 4.74 Å². The number of hydrogen-bond acceptors (Lipinski definition) is 3. The molecule has 4 heteroatoms. The van der Waals surface area contributed by atoms with Gasteiger partial charge >= 0.3 is 6.09 Å². The van der Waals surface area contributed by atoms with E-state index in [1.807, 2.05) is 31.2 Å². The third-order valence-corrected chi connectivity index (χ3v) is 5.62. The van der Waals surface area contributed by atoms with Crippen LogP contribution >= 0.6 is 0 Å². The van der Waals surface area contributed by atoms with Crippen LogP contribution in [0.1, 0.15) is 24.0 Å². The second kappa shape index (κ2) is 8.13. The number of likely N-dealkylation sites (tertiary alicyclic amines) is 1. The number of piperidine rings is 1. The normalized spacial score (nSPS) is 23.4. The van der Waals surface area contributed by atoms with Crippen LogP contribution < -0.4 is 4.90 Å².